The first-order chi connectivity index (χ1) is 9.99. The van der Waals surface area contributed by atoms with Gasteiger partial charge in [0.05, 0.1) is 0 Å². The second-order valence-electron chi connectivity index (χ2n) is 6.67. The first kappa shape index (κ1) is 16.6. The van der Waals surface area contributed by atoms with Gasteiger partial charge in [-0.2, -0.15) is 0 Å². The van der Waals surface area contributed by atoms with E-state index in [9.17, 15) is 9.59 Å². The minimum Gasteiger partial charge on any atom is -0.356 e. The van der Waals surface area contributed by atoms with Crippen molar-refractivity contribution in [1.29, 1.82) is 0 Å². The number of fused-ring (bicyclic) bond motifs is 1. The number of carbonyl (C=O) groups is 2. The Balaban J connectivity index is 1.92. The van der Waals surface area contributed by atoms with Crippen LogP contribution in [0.15, 0.2) is 12.2 Å². The molecule has 0 bridgehead atoms. The Morgan fingerprint density at radius 2 is 2.00 bits per heavy atom. The number of hydrogen-bond acceptors (Lipinski definition) is 3. The second-order valence-corrected chi connectivity index (χ2v) is 7.77. The van der Waals surface area contributed by atoms with Crippen molar-refractivity contribution < 1.29 is 9.59 Å². The molecule has 2 aliphatic carbocycles. The highest BCUT2D eigenvalue weighted by atomic mass is 32.2. The third kappa shape index (κ3) is 4.35. The number of thioether (sulfide) groups is 1. The minimum absolute atomic E-state index is 0.0293. The van der Waals surface area contributed by atoms with E-state index in [-0.39, 0.29) is 11.8 Å². The van der Waals surface area contributed by atoms with Gasteiger partial charge < -0.3 is 5.32 Å². The van der Waals surface area contributed by atoms with Crippen molar-refractivity contribution in [2.24, 2.45) is 29.6 Å². The van der Waals surface area contributed by atoms with Gasteiger partial charge in [0.2, 0.25) is 5.91 Å². The summed E-state index contributed by atoms with van der Waals surface area (Å²) in [6.07, 6.45) is 8.27. The van der Waals surface area contributed by atoms with Crippen LogP contribution in [0.2, 0.25) is 0 Å². The van der Waals surface area contributed by atoms with E-state index in [0.717, 1.165) is 5.92 Å². The van der Waals surface area contributed by atoms with Crippen LogP contribution in [0.5, 0.6) is 0 Å². The fourth-order valence-corrected chi connectivity index (χ4v) is 4.79. The molecule has 0 aromatic heterocycles. The Kier molecular flexibility index (Phi) is 5.91. The lowest BCUT2D eigenvalue weighted by molar-refractivity contribution is -0.119. The molecule has 0 aromatic carbocycles. The van der Waals surface area contributed by atoms with E-state index >= 15 is 0 Å². The van der Waals surface area contributed by atoms with E-state index in [2.05, 4.69) is 31.3 Å². The third-order valence-corrected chi connectivity index (χ3v) is 5.86. The fraction of sp³-hybridized carbons (Fsp3) is 0.765. The molecule has 1 fully saturated rings. The van der Waals surface area contributed by atoms with E-state index in [0.29, 0.717) is 35.2 Å². The van der Waals surface area contributed by atoms with Crippen molar-refractivity contribution in [2.45, 2.75) is 40.0 Å². The van der Waals surface area contributed by atoms with Gasteiger partial charge in [0.25, 0.3) is 0 Å². The van der Waals surface area contributed by atoms with Crippen molar-refractivity contribution in [2.75, 3.05) is 12.3 Å². The molecule has 4 heteroatoms. The molecule has 3 nitrogen and oxygen atoms in total. The third-order valence-electron chi connectivity index (χ3n) is 4.90. The molecule has 0 spiro atoms. The average Bonchev–Trinajstić information content (AvgIpc) is 2.43. The van der Waals surface area contributed by atoms with Crippen LogP contribution in [0, 0.1) is 29.6 Å². The van der Waals surface area contributed by atoms with Gasteiger partial charge in [0, 0.05) is 25.1 Å². The maximum atomic E-state index is 12.6. The highest BCUT2D eigenvalue weighted by Crippen LogP contribution is 2.46. The van der Waals surface area contributed by atoms with E-state index in [1.807, 2.05) is 0 Å². The Labute approximate surface area is 132 Å². The Morgan fingerprint density at radius 3 is 2.71 bits per heavy atom. The quantitative estimate of drug-likeness (QED) is 0.640. The standard InChI is InChI=1S/C17H27NO2S/c1-11-4-7-15-14(10-11)6-5-12(2)16(15)17(20)21-9-8-18-13(3)19/h5-6,11-12,14-16H,4,7-10H2,1-3H3,(H,18,19)/t11-,12+,14+,15+,16+/m1/s1. The van der Waals surface area contributed by atoms with E-state index < -0.39 is 0 Å². The SMILES string of the molecule is CC(=O)NCCSC(=O)[C@@H]1[C@H]2CC[C@@H](C)C[C@@H]2C=C[C@@H]1C. The van der Waals surface area contributed by atoms with E-state index in [4.69, 9.17) is 0 Å². The molecule has 0 unspecified atom stereocenters. The topological polar surface area (TPSA) is 46.2 Å². The van der Waals surface area contributed by atoms with Crippen LogP contribution >= 0.6 is 11.8 Å². The maximum Gasteiger partial charge on any atom is 0.216 e. The normalized spacial score (nSPS) is 35.1. The van der Waals surface area contributed by atoms with Crippen LogP contribution in [0.25, 0.3) is 0 Å². The van der Waals surface area contributed by atoms with Crippen LogP contribution in [0.4, 0.5) is 0 Å². The minimum atomic E-state index is -0.0293. The largest absolute Gasteiger partial charge is 0.356 e. The monoisotopic (exact) mass is 309 g/mol. The van der Waals surface area contributed by atoms with Crippen LogP contribution < -0.4 is 5.32 Å². The van der Waals surface area contributed by atoms with Gasteiger partial charge in [0.15, 0.2) is 5.12 Å². The number of amides is 1. The zero-order valence-corrected chi connectivity index (χ0v) is 14.1. The Morgan fingerprint density at radius 1 is 1.24 bits per heavy atom. The molecular weight excluding hydrogens is 282 g/mol. The summed E-state index contributed by atoms with van der Waals surface area (Å²) < 4.78 is 0. The summed E-state index contributed by atoms with van der Waals surface area (Å²) >= 11 is 1.40. The Hall–Kier alpha value is -0.770. The van der Waals surface area contributed by atoms with Crippen molar-refractivity contribution >= 4 is 22.8 Å². The van der Waals surface area contributed by atoms with E-state index in [1.54, 1.807) is 0 Å². The van der Waals surface area contributed by atoms with Gasteiger partial charge in [-0.1, -0.05) is 44.2 Å². The average molecular weight is 309 g/mol. The molecule has 0 heterocycles. The molecule has 2 aliphatic rings. The summed E-state index contributed by atoms with van der Waals surface area (Å²) in [7, 11) is 0. The van der Waals surface area contributed by atoms with Crippen LogP contribution in [-0.2, 0) is 9.59 Å². The number of hydrogen-bond donors (Lipinski definition) is 1. The second kappa shape index (κ2) is 7.48. The lowest BCUT2D eigenvalue weighted by Gasteiger charge is -2.42. The Bertz CT molecular complexity index is 421. The molecule has 0 saturated heterocycles. The summed E-state index contributed by atoms with van der Waals surface area (Å²) in [4.78, 5) is 23.5. The first-order valence-electron chi connectivity index (χ1n) is 8.08. The summed E-state index contributed by atoms with van der Waals surface area (Å²) in [5.74, 6) is 3.07. The molecule has 1 amide bonds. The molecular formula is C17H27NO2S. The predicted octanol–water partition coefficient (Wildman–Crippen LogP) is 3.26. The number of allylic oxidation sites excluding steroid dienone is 2. The van der Waals surface area contributed by atoms with Gasteiger partial charge in [-0.3, -0.25) is 9.59 Å². The lowest BCUT2D eigenvalue weighted by Crippen LogP contribution is -2.38. The lowest BCUT2D eigenvalue weighted by atomic mass is 9.63. The molecule has 0 radical (unpaired) electrons. The molecule has 0 aromatic rings. The van der Waals surface area contributed by atoms with Gasteiger partial charge in [-0.05, 0) is 36.5 Å². The molecule has 0 aliphatic heterocycles. The molecule has 5 atom stereocenters. The zero-order chi connectivity index (χ0) is 15.4. The van der Waals surface area contributed by atoms with Crippen molar-refractivity contribution in [3.63, 3.8) is 0 Å². The van der Waals surface area contributed by atoms with Crippen LogP contribution in [-0.4, -0.2) is 23.3 Å². The molecule has 118 valence electrons. The molecule has 2 rings (SSSR count). The highest BCUT2D eigenvalue weighted by Gasteiger charge is 2.41. The maximum absolute atomic E-state index is 12.6. The highest BCUT2D eigenvalue weighted by molar-refractivity contribution is 8.13. The van der Waals surface area contributed by atoms with Crippen molar-refractivity contribution in [1.82, 2.24) is 5.32 Å². The van der Waals surface area contributed by atoms with Crippen LogP contribution in [0.3, 0.4) is 0 Å². The smallest absolute Gasteiger partial charge is 0.216 e. The number of nitrogens with one attached hydrogen (secondary N) is 1. The first-order valence-corrected chi connectivity index (χ1v) is 9.07. The molecule has 1 saturated carbocycles. The summed E-state index contributed by atoms with van der Waals surface area (Å²) in [5, 5.41) is 3.07. The summed E-state index contributed by atoms with van der Waals surface area (Å²) in [6.45, 7) is 6.57. The van der Waals surface area contributed by atoms with Gasteiger partial charge in [0.1, 0.15) is 0 Å². The number of carbonyl (C=O) groups excluding carboxylic acids is 2. The summed E-state index contributed by atoms with van der Waals surface area (Å²) in [5.41, 5.74) is 0. The predicted molar refractivity (Wildman–Crippen MR) is 87.9 cm³/mol. The van der Waals surface area contributed by atoms with Gasteiger partial charge in [-0.25, -0.2) is 0 Å². The zero-order valence-electron chi connectivity index (χ0n) is 13.3. The number of rotatable bonds is 4. The van der Waals surface area contributed by atoms with E-state index in [1.165, 1.54) is 37.9 Å². The van der Waals surface area contributed by atoms with Gasteiger partial charge >= 0.3 is 0 Å². The molecule has 21 heavy (non-hydrogen) atoms. The van der Waals surface area contributed by atoms with Gasteiger partial charge in [-0.15, -0.1) is 0 Å². The molecule has 1 N–H and O–H groups in total. The summed E-state index contributed by atoms with van der Waals surface area (Å²) in [6, 6.07) is 0. The van der Waals surface area contributed by atoms with Crippen molar-refractivity contribution in [3.8, 4) is 0 Å². The van der Waals surface area contributed by atoms with Crippen LogP contribution in [0.1, 0.15) is 40.0 Å². The fourth-order valence-electron chi connectivity index (χ4n) is 3.81. The van der Waals surface area contributed by atoms with Crippen molar-refractivity contribution in [3.05, 3.63) is 12.2 Å².